The van der Waals surface area contributed by atoms with E-state index in [0.717, 1.165) is 57.4 Å². The lowest BCUT2D eigenvalue weighted by molar-refractivity contribution is -0.146. The summed E-state index contributed by atoms with van der Waals surface area (Å²) in [7, 11) is 0. The molecule has 1 aromatic carbocycles. The van der Waals surface area contributed by atoms with Gasteiger partial charge in [0.2, 0.25) is 0 Å². The Morgan fingerprint density at radius 1 is 1.09 bits per heavy atom. The standard InChI is InChI=1S/C25H34N6O3/c26-22(20-3-1-2-4-23(20)32)11-21(24(27)28)19-12-29-31(15-19)14-16-5-7-30(8-6-16)13-17-9-18(10-17)25(33)34/h1-4,11-12,15-18,32H,5-10,13-14,26-28H2,(H,33,34)/b22-11-. The van der Waals surface area contributed by atoms with Gasteiger partial charge in [0.15, 0.2) is 0 Å². The number of hydrogen-bond donors (Lipinski definition) is 5. The van der Waals surface area contributed by atoms with Crippen LogP contribution in [0.5, 0.6) is 5.75 Å². The molecule has 1 aliphatic heterocycles. The zero-order valence-corrected chi connectivity index (χ0v) is 19.3. The fourth-order valence-corrected chi connectivity index (χ4v) is 4.95. The van der Waals surface area contributed by atoms with Crippen LogP contribution in [0.3, 0.4) is 0 Å². The molecule has 1 aromatic heterocycles. The van der Waals surface area contributed by atoms with Crippen molar-refractivity contribution >= 4 is 17.2 Å². The van der Waals surface area contributed by atoms with Crippen LogP contribution in [0.4, 0.5) is 0 Å². The van der Waals surface area contributed by atoms with Crippen molar-refractivity contribution in [3.8, 4) is 5.75 Å². The molecule has 4 rings (SSSR count). The van der Waals surface area contributed by atoms with Gasteiger partial charge in [0, 0.05) is 41.7 Å². The summed E-state index contributed by atoms with van der Waals surface area (Å²) >= 11 is 0. The van der Waals surface area contributed by atoms with Gasteiger partial charge in [-0.15, -0.1) is 0 Å². The molecule has 0 amide bonds. The van der Waals surface area contributed by atoms with Gasteiger partial charge in [-0.25, -0.2) is 0 Å². The third kappa shape index (κ3) is 5.53. The monoisotopic (exact) mass is 466 g/mol. The summed E-state index contributed by atoms with van der Waals surface area (Å²) in [4.78, 5) is 13.5. The maximum atomic E-state index is 11.0. The van der Waals surface area contributed by atoms with Crippen LogP contribution < -0.4 is 17.2 Å². The molecule has 2 fully saturated rings. The Morgan fingerprint density at radius 3 is 2.44 bits per heavy atom. The predicted molar refractivity (Wildman–Crippen MR) is 131 cm³/mol. The Hall–Kier alpha value is -3.46. The molecular weight excluding hydrogens is 432 g/mol. The first-order valence-electron chi connectivity index (χ1n) is 11.8. The van der Waals surface area contributed by atoms with E-state index in [2.05, 4.69) is 10.00 Å². The number of nitrogens with two attached hydrogens (primary N) is 3. The lowest BCUT2D eigenvalue weighted by Crippen LogP contribution is -2.42. The van der Waals surface area contributed by atoms with Crippen LogP contribution in [0.25, 0.3) is 11.3 Å². The zero-order valence-electron chi connectivity index (χ0n) is 19.3. The van der Waals surface area contributed by atoms with Crippen LogP contribution in [0.2, 0.25) is 0 Å². The number of carbonyl (C=O) groups is 1. The first-order chi connectivity index (χ1) is 16.3. The molecule has 0 radical (unpaired) electrons. The van der Waals surface area contributed by atoms with Crippen molar-refractivity contribution in [2.24, 2.45) is 35.0 Å². The third-order valence-electron chi connectivity index (χ3n) is 7.02. The number of aromatic nitrogens is 2. The number of rotatable bonds is 8. The second kappa shape index (κ2) is 10.2. The highest BCUT2D eigenvalue weighted by Gasteiger charge is 2.35. The van der Waals surface area contributed by atoms with Crippen LogP contribution in [0.15, 0.2) is 48.6 Å². The molecule has 0 atom stereocenters. The number of likely N-dealkylation sites (tertiary alicyclic amines) is 1. The molecule has 1 saturated carbocycles. The molecule has 0 spiro atoms. The van der Waals surface area contributed by atoms with Crippen molar-refractivity contribution in [2.75, 3.05) is 19.6 Å². The van der Waals surface area contributed by atoms with E-state index in [4.69, 9.17) is 22.3 Å². The van der Waals surface area contributed by atoms with E-state index in [1.165, 1.54) is 0 Å². The summed E-state index contributed by atoms with van der Waals surface area (Å²) in [6.45, 7) is 3.90. The van der Waals surface area contributed by atoms with Gasteiger partial charge in [-0.2, -0.15) is 5.10 Å². The number of nitrogens with zero attached hydrogens (tertiary/aromatic N) is 3. The molecule has 2 aromatic rings. The zero-order chi connectivity index (χ0) is 24.2. The Bertz CT molecular complexity index is 1070. The minimum atomic E-state index is -0.653. The van der Waals surface area contributed by atoms with E-state index in [1.54, 1.807) is 36.5 Å². The first-order valence-corrected chi connectivity index (χ1v) is 11.8. The molecule has 8 N–H and O–H groups in total. The van der Waals surface area contributed by atoms with Gasteiger partial charge in [0.25, 0.3) is 0 Å². The van der Waals surface area contributed by atoms with Crippen LogP contribution in [0.1, 0.15) is 36.8 Å². The molecule has 9 heteroatoms. The van der Waals surface area contributed by atoms with E-state index in [-0.39, 0.29) is 17.5 Å². The summed E-state index contributed by atoms with van der Waals surface area (Å²) in [5.41, 5.74) is 20.3. The van der Waals surface area contributed by atoms with Crippen molar-refractivity contribution in [1.29, 1.82) is 0 Å². The summed E-state index contributed by atoms with van der Waals surface area (Å²) < 4.78 is 1.92. The molecule has 0 bridgehead atoms. The molecule has 1 saturated heterocycles. The number of allylic oxidation sites excluding steroid dienone is 2. The minimum Gasteiger partial charge on any atom is -0.507 e. The number of hydrogen-bond acceptors (Lipinski definition) is 7. The second-order valence-electron chi connectivity index (χ2n) is 9.55. The number of piperidine rings is 1. The predicted octanol–water partition coefficient (Wildman–Crippen LogP) is 2.00. The molecule has 9 nitrogen and oxygen atoms in total. The highest BCUT2D eigenvalue weighted by atomic mass is 16.4. The van der Waals surface area contributed by atoms with Gasteiger partial charge in [-0.1, -0.05) is 12.1 Å². The summed E-state index contributed by atoms with van der Waals surface area (Å²) in [6, 6.07) is 6.84. The van der Waals surface area contributed by atoms with Crippen LogP contribution >= 0.6 is 0 Å². The van der Waals surface area contributed by atoms with Gasteiger partial charge < -0.3 is 32.3 Å². The second-order valence-corrected chi connectivity index (χ2v) is 9.55. The van der Waals surface area contributed by atoms with Crippen molar-refractivity contribution in [2.45, 2.75) is 32.2 Å². The number of benzene rings is 1. The van der Waals surface area contributed by atoms with Gasteiger partial charge >= 0.3 is 5.97 Å². The number of carboxylic acid groups (broad SMARTS) is 1. The normalized spacial score (nSPS) is 21.7. The van der Waals surface area contributed by atoms with Crippen LogP contribution in [-0.2, 0) is 11.3 Å². The smallest absolute Gasteiger partial charge is 0.306 e. The van der Waals surface area contributed by atoms with Crippen molar-refractivity contribution in [3.63, 3.8) is 0 Å². The summed E-state index contributed by atoms with van der Waals surface area (Å²) in [5, 5.41) is 23.6. The fraction of sp³-hybridized carbons (Fsp3) is 0.440. The molecule has 2 aliphatic rings. The number of phenolic OH excluding ortho intramolecular Hbond substituents is 1. The van der Waals surface area contributed by atoms with Crippen molar-refractivity contribution < 1.29 is 15.0 Å². The number of aromatic hydroxyl groups is 1. The topological polar surface area (TPSA) is 157 Å². The Kier molecular flexibility index (Phi) is 7.12. The number of para-hydroxylation sites is 1. The van der Waals surface area contributed by atoms with E-state index >= 15 is 0 Å². The van der Waals surface area contributed by atoms with Crippen molar-refractivity contribution in [3.05, 3.63) is 59.7 Å². The Balaban J connectivity index is 1.32. The molecule has 2 heterocycles. The summed E-state index contributed by atoms with van der Waals surface area (Å²) in [6.07, 6.45) is 9.13. The molecule has 0 unspecified atom stereocenters. The van der Waals surface area contributed by atoms with Crippen molar-refractivity contribution in [1.82, 2.24) is 14.7 Å². The molecule has 34 heavy (non-hydrogen) atoms. The minimum absolute atomic E-state index is 0.0900. The lowest BCUT2D eigenvalue weighted by atomic mass is 9.74. The van der Waals surface area contributed by atoms with Gasteiger partial charge in [0.1, 0.15) is 11.6 Å². The van der Waals surface area contributed by atoms with E-state index in [0.29, 0.717) is 28.7 Å². The Labute approximate surface area is 199 Å². The van der Waals surface area contributed by atoms with Gasteiger partial charge in [-0.3, -0.25) is 9.48 Å². The average Bonchev–Trinajstić information content (AvgIpc) is 3.23. The number of carboxylic acids is 1. The van der Waals surface area contributed by atoms with Crippen LogP contribution in [-0.4, -0.2) is 50.5 Å². The average molecular weight is 467 g/mol. The van der Waals surface area contributed by atoms with Gasteiger partial charge in [0.05, 0.1) is 12.1 Å². The molecular formula is C25H34N6O3. The Morgan fingerprint density at radius 2 is 1.79 bits per heavy atom. The maximum Gasteiger partial charge on any atom is 0.306 e. The molecule has 1 aliphatic carbocycles. The molecule has 182 valence electrons. The van der Waals surface area contributed by atoms with Crippen LogP contribution in [0, 0.1) is 17.8 Å². The first kappa shape index (κ1) is 23.7. The quantitative estimate of drug-likeness (QED) is 0.370. The fourth-order valence-electron chi connectivity index (χ4n) is 4.95. The third-order valence-corrected chi connectivity index (χ3v) is 7.02. The summed E-state index contributed by atoms with van der Waals surface area (Å²) in [5.74, 6) is 0.485. The maximum absolute atomic E-state index is 11.0. The van der Waals surface area contributed by atoms with E-state index < -0.39 is 5.97 Å². The van der Waals surface area contributed by atoms with Gasteiger partial charge in [-0.05, 0) is 68.8 Å². The van der Waals surface area contributed by atoms with E-state index in [9.17, 15) is 9.90 Å². The van der Waals surface area contributed by atoms with E-state index in [1.807, 2.05) is 10.9 Å². The SMILES string of the molecule is NC(N)=C(/C=C(\N)c1ccccc1O)c1cnn(CC2CCN(CC3CC(C(=O)O)C3)CC2)c1. The highest BCUT2D eigenvalue weighted by molar-refractivity contribution is 5.84. The largest absolute Gasteiger partial charge is 0.507 e. The number of aliphatic carboxylic acids is 1. The highest BCUT2D eigenvalue weighted by Crippen LogP contribution is 2.35. The number of phenols is 1. The lowest BCUT2D eigenvalue weighted by Gasteiger charge is -2.39.